The zero-order valence-corrected chi connectivity index (χ0v) is 14.4. The van der Waals surface area contributed by atoms with Crippen molar-refractivity contribution in [3.05, 3.63) is 65.2 Å². The molecule has 0 aliphatic heterocycles. The molecule has 2 rings (SSSR count). The van der Waals surface area contributed by atoms with E-state index in [1.807, 2.05) is 0 Å². The smallest absolute Gasteiger partial charge is 0.337 e. The first-order chi connectivity index (χ1) is 12.4. The summed E-state index contributed by atoms with van der Waals surface area (Å²) in [7, 11) is 2.48. The quantitative estimate of drug-likeness (QED) is 0.763. The molecule has 1 atom stereocenters. The van der Waals surface area contributed by atoms with Crippen molar-refractivity contribution in [2.45, 2.75) is 12.5 Å². The van der Waals surface area contributed by atoms with Gasteiger partial charge in [-0.25, -0.2) is 9.59 Å². The van der Waals surface area contributed by atoms with Gasteiger partial charge >= 0.3 is 11.9 Å². The highest BCUT2D eigenvalue weighted by molar-refractivity contribution is 5.99. The van der Waals surface area contributed by atoms with E-state index in [9.17, 15) is 19.5 Å². The maximum atomic E-state index is 12.5. The zero-order chi connectivity index (χ0) is 19.1. The van der Waals surface area contributed by atoms with E-state index in [4.69, 9.17) is 4.74 Å². The Morgan fingerprint density at radius 1 is 1.00 bits per heavy atom. The fraction of sp³-hybridized carbons (Fsp3) is 0.211. The lowest BCUT2D eigenvalue weighted by molar-refractivity contribution is -0.142. The first-order valence-corrected chi connectivity index (χ1v) is 7.79. The minimum absolute atomic E-state index is 0.104. The van der Waals surface area contributed by atoms with Crippen molar-refractivity contribution in [2.24, 2.45) is 0 Å². The van der Waals surface area contributed by atoms with Crippen LogP contribution in [0.5, 0.6) is 5.75 Å². The Kier molecular flexibility index (Phi) is 6.32. The van der Waals surface area contributed by atoms with Crippen molar-refractivity contribution >= 4 is 17.8 Å². The van der Waals surface area contributed by atoms with Gasteiger partial charge in [-0.3, -0.25) is 4.79 Å². The number of amides is 1. The molecule has 0 aromatic heterocycles. The number of phenolic OH excluding ortho intramolecular Hbond substituents is 1. The number of benzene rings is 2. The molecule has 136 valence electrons. The number of hydrogen-bond acceptors (Lipinski definition) is 6. The molecule has 0 heterocycles. The molecule has 0 bridgehead atoms. The summed E-state index contributed by atoms with van der Waals surface area (Å²) in [6.45, 7) is 0. The molecule has 0 radical (unpaired) electrons. The van der Waals surface area contributed by atoms with E-state index in [-0.39, 0.29) is 23.3 Å². The molecule has 0 aliphatic rings. The minimum atomic E-state index is -0.918. The molecule has 0 saturated heterocycles. The first kappa shape index (κ1) is 19.0. The van der Waals surface area contributed by atoms with E-state index in [1.165, 1.54) is 44.6 Å². The van der Waals surface area contributed by atoms with Gasteiger partial charge in [0.15, 0.2) is 0 Å². The van der Waals surface area contributed by atoms with Gasteiger partial charge in [-0.15, -0.1) is 0 Å². The fourth-order valence-corrected chi connectivity index (χ4v) is 2.35. The van der Waals surface area contributed by atoms with Gasteiger partial charge < -0.3 is 19.9 Å². The molecule has 0 spiro atoms. The minimum Gasteiger partial charge on any atom is -0.508 e. The van der Waals surface area contributed by atoms with Crippen LogP contribution < -0.4 is 5.32 Å². The molecule has 7 nitrogen and oxygen atoms in total. The van der Waals surface area contributed by atoms with Crippen LogP contribution in [0.15, 0.2) is 48.5 Å². The van der Waals surface area contributed by atoms with Crippen LogP contribution in [0.2, 0.25) is 0 Å². The first-order valence-electron chi connectivity index (χ1n) is 7.79. The SMILES string of the molecule is COC(=O)c1cccc(C(=O)NC(Cc2ccc(O)cc2)C(=O)OC)c1. The Morgan fingerprint density at radius 2 is 1.65 bits per heavy atom. The van der Waals surface area contributed by atoms with E-state index in [0.717, 1.165) is 5.56 Å². The monoisotopic (exact) mass is 357 g/mol. The Hall–Kier alpha value is -3.35. The van der Waals surface area contributed by atoms with Crippen LogP contribution in [-0.4, -0.2) is 43.2 Å². The predicted octanol–water partition coefficient (Wildman–Crippen LogP) is 1.69. The topological polar surface area (TPSA) is 102 Å². The average Bonchev–Trinajstić information content (AvgIpc) is 2.67. The third-order valence-corrected chi connectivity index (χ3v) is 3.71. The van der Waals surface area contributed by atoms with Gasteiger partial charge in [0.1, 0.15) is 11.8 Å². The van der Waals surface area contributed by atoms with Crippen molar-refractivity contribution in [1.82, 2.24) is 5.32 Å². The van der Waals surface area contributed by atoms with Gasteiger partial charge in [-0.05, 0) is 35.9 Å². The summed E-state index contributed by atoms with van der Waals surface area (Å²) in [5.41, 5.74) is 1.18. The second kappa shape index (κ2) is 8.66. The molecule has 1 unspecified atom stereocenters. The molecule has 7 heteroatoms. The van der Waals surface area contributed by atoms with Crippen molar-refractivity contribution in [3.63, 3.8) is 0 Å². The molecule has 0 aliphatic carbocycles. The van der Waals surface area contributed by atoms with Crippen molar-refractivity contribution < 1.29 is 29.0 Å². The summed E-state index contributed by atoms with van der Waals surface area (Å²) in [6, 6.07) is 11.3. The Bertz CT molecular complexity index is 800. The highest BCUT2D eigenvalue weighted by atomic mass is 16.5. The molecule has 2 N–H and O–H groups in total. The van der Waals surface area contributed by atoms with Crippen molar-refractivity contribution in [3.8, 4) is 5.75 Å². The maximum Gasteiger partial charge on any atom is 0.337 e. The number of aromatic hydroxyl groups is 1. The van der Waals surface area contributed by atoms with E-state index in [0.29, 0.717) is 0 Å². The predicted molar refractivity (Wildman–Crippen MR) is 92.9 cm³/mol. The lowest BCUT2D eigenvalue weighted by Gasteiger charge is -2.17. The maximum absolute atomic E-state index is 12.5. The van der Waals surface area contributed by atoms with Crippen molar-refractivity contribution in [1.29, 1.82) is 0 Å². The summed E-state index contributed by atoms with van der Waals surface area (Å²) in [5.74, 6) is -1.58. The highest BCUT2D eigenvalue weighted by Gasteiger charge is 2.23. The molecule has 1 amide bonds. The molecular weight excluding hydrogens is 338 g/mol. The van der Waals surface area contributed by atoms with Gasteiger partial charge in [0.25, 0.3) is 5.91 Å². The summed E-state index contributed by atoms with van der Waals surface area (Å²) >= 11 is 0. The van der Waals surface area contributed by atoms with E-state index < -0.39 is 23.9 Å². The standard InChI is InChI=1S/C19H19NO6/c1-25-18(23)14-5-3-4-13(11-14)17(22)20-16(19(24)26-2)10-12-6-8-15(21)9-7-12/h3-9,11,16,21H,10H2,1-2H3,(H,20,22). The molecule has 2 aromatic carbocycles. The van der Waals surface area contributed by atoms with Crippen LogP contribution in [0.1, 0.15) is 26.3 Å². The molecule has 26 heavy (non-hydrogen) atoms. The molecule has 2 aromatic rings. The van der Waals surface area contributed by atoms with E-state index in [1.54, 1.807) is 18.2 Å². The Balaban J connectivity index is 2.17. The van der Waals surface area contributed by atoms with Gasteiger partial charge in [0, 0.05) is 12.0 Å². The van der Waals surface area contributed by atoms with Crippen molar-refractivity contribution in [2.75, 3.05) is 14.2 Å². The Labute approximate surface area is 150 Å². The number of ether oxygens (including phenoxy) is 2. The van der Waals surface area contributed by atoms with Crippen LogP contribution >= 0.6 is 0 Å². The zero-order valence-electron chi connectivity index (χ0n) is 14.4. The number of methoxy groups -OCH3 is 2. The summed E-state index contributed by atoms with van der Waals surface area (Å²) < 4.78 is 9.38. The highest BCUT2D eigenvalue weighted by Crippen LogP contribution is 2.13. The van der Waals surface area contributed by atoms with Crippen LogP contribution in [-0.2, 0) is 20.7 Å². The molecule has 0 saturated carbocycles. The number of rotatable bonds is 6. The van der Waals surface area contributed by atoms with Gasteiger partial charge in [0.05, 0.1) is 19.8 Å². The van der Waals surface area contributed by atoms with E-state index in [2.05, 4.69) is 10.1 Å². The lowest BCUT2D eigenvalue weighted by atomic mass is 10.0. The Morgan fingerprint density at radius 3 is 2.27 bits per heavy atom. The number of esters is 2. The van der Waals surface area contributed by atoms with Gasteiger partial charge in [-0.2, -0.15) is 0 Å². The average molecular weight is 357 g/mol. The third-order valence-electron chi connectivity index (χ3n) is 3.71. The van der Waals surface area contributed by atoms with Crippen LogP contribution in [0, 0.1) is 0 Å². The summed E-state index contributed by atoms with van der Waals surface area (Å²) in [5, 5.41) is 11.9. The second-order valence-corrected chi connectivity index (χ2v) is 5.49. The number of nitrogens with one attached hydrogen (secondary N) is 1. The van der Waals surface area contributed by atoms with E-state index >= 15 is 0 Å². The number of carbonyl (C=O) groups is 3. The summed E-state index contributed by atoms with van der Waals surface area (Å²) in [6.07, 6.45) is 0.190. The van der Waals surface area contributed by atoms with Gasteiger partial charge in [0.2, 0.25) is 0 Å². The largest absolute Gasteiger partial charge is 0.508 e. The second-order valence-electron chi connectivity index (χ2n) is 5.49. The molecular formula is C19H19NO6. The number of phenols is 1. The fourth-order valence-electron chi connectivity index (χ4n) is 2.35. The number of hydrogen-bond donors (Lipinski definition) is 2. The summed E-state index contributed by atoms with van der Waals surface area (Å²) in [4.78, 5) is 36.1. The van der Waals surface area contributed by atoms with Crippen LogP contribution in [0.25, 0.3) is 0 Å². The van der Waals surface area contributed by atoms with Crippen LogP contribution in [0.3, 0.4) is 0 Å². The molecule has 0 fully saturated rings. The van der Waals surface area contributed by atoms with Crippen LogP contribution in [0.4, 0.5) is 0 Å². The lowest BCUT2D eigenvalue weighted by Crippen LogP contribution is -2.43. The number of carbonyl (C=O) groups excluding carboxylic acids is 3. The normalized spacial score (nSPS) is 11.3. The van der Waals surface area contributed by atoms with Gasteiger partial charge in [-0.1, -0.05) is 18.2 Å². The third kappa shape index (κ3) is 4.83.